The van der Waals surface area contributed by atoms with E-state index in [4.69, 9.17) is 11.6 Å². The summed E-state index contributed by atoms with van der Waals surface area (Å²) >= 11 is 6.04. The highest BCUT2D eigenvalue weighted by atomic mass is 35.5. The maximum Gasteiger partial charge on any atom is 0.226 e. The van der Waals surface area contributed by atoms with Crippen LogP contribution in [0.2, 0.25) is 5.02 Å². The number of carbonyl (C=O) groups excluding carboxylic acids is 1. The molecule has 0 aliphatic rings. The first-order chi connectivity index (χ1) is 10.5. The molecule has 1 heterocycles. The van der Waals surface area contributed by atoms with Crippen molar-refractivity contribution in [1.29, 1.82) is 0 Å². The molecule has 1 aromatic carbocycles. The van der Waals surface area contributed by atoms with E-state index in [-0.39, 0.29) is 5.91 Å². The molecule has 0 bridgehead atoms. The van der Waals surface area contributed by atoms with Gasteiger partial charge in [-0.1, -0.05) is 17.7 Å². The third kappa shape index (κ3) is 4.18. The summed E-state index contributed by atoms with van der Waals surface area (Å²) in [5, 5.41) is 6.64. The third-order valence-electron chi connectivity index (χ3n) is 3.26. The molecule has 0 radical (unpaired) electrons. The molecule has 2 rings (SSSR count). The second kappa shape index (κ2) is 7.22. The average molecular weight is 319 g/mol. The summed E-state index contributed by atoms with van der Waals surface area (Å²) in [5.41, 5.74) is 3.26. The van der Waals surface area contributed by atoms with Crippen molar-refractivity contribution in [2.75, 3.05) is 17.2 Å². The Labute approximate surface area is 135 Å². The maximum atomic E-state index is 12.0. The molecule has 0 saturated carbocycles. The first-order valence-corrected chi connectivity index (χ1v) is 7.44. The predicted octanol–water partition coefficient (Wildman–Crippen LogP) is 3.50. The summed E-state index contributed by atoms with van der Waals surface area (Å²) in [6, 6.07) is 5.45. The van der Waals surface area contributed by atoms with Crippen LogP contribution in [-0.4, -0.2) is 22.4 Å². The zero-order valence-corrected chi connectivity index (χ0v) is 13.7. The molecule has 0 fully saturated rings. The number of anilines is 2. The number of nitrogens with zero attached hydrogens (tertiary/aromatic N) is 2. The minimum Gasteiger partial charge on any atom is -0.368 e. The number of amides is 1. The van der Waals surface area contributed by atoms with E-state index in [2.05, 4.69) is 20.6 Å². The molecular formula is C16H19ClN4O. The maximum absolute atomic E-state index is 12.0. The van der Waals surface area contributed by atoms with Crippen LogP contribution < -0.4 is 10.6 Å². The fraction of sp³-hybridized carbons (Fsp3) is 0.312. The average Bonchev–Trinajstić information content (AvgIpc) is 2.47. The highest BCUT2D eigenvalue weighted by Crippen LogP contribution is 2.22. The van der Waals surface area contributed by atoms with Gasteiger partial charge in [0.25, 0.3) is 0 Å². The largest absolute Gasteiger partial charge is 0.368 e. The van der Waals surface area contributed by atoms with Crippen molar-refractivity contribution >= 4 is 29.0 Å². The number of benzene rings is 1. The normalized spacial score (nSPS) is 10.4. The standard InChI is InChI=1S/C16H19ClN4O/c1-10-9-19-12(3)16(20-10)18-8-7-15(22)21-14-6-4-5-13(17)11(14)2/h4-6,9H,7-8H2,1-3H3,(H,18,20)(H,21,22). The van der Waals surface area contributed by atoms with Crippen molar-refractivity contribution in [3.63, 3.8) is 0 Å². The van der Waals surface area contributed by atoms with E-state index in [1.54, 1.807) is 12.3 Å². The predicted molar refractivity (Wildman–Crippen MR) is 89.4 cm³/mol. The topological polar surface area (TPSA) is 66.9 Å². The van der Waals surface area contributed by atoms with E-state index in [1.165, 1.54) is 0 Å². The first-order valence-electron chi connectivity index (χ1n) is 7.06. The summed E-state index contributed by atoms with van der Waals surface area (Å²) in [4.78, 5) is 20.6. The quantitative estimate of drug-likeness (QED) is 0.885. The van der Waals surface area contributed by atoms with Gasteiger partial charge in [0, 0.05) is 29.9 Å². The van der Waals surface area contributed by atoms with Crippen molar-refractivity contribution < 1.29 is 4.79 Å². The Bertz CT molecular complexity index is 688. The molecule has 2 N–H and O–H groups in total. The lowest BCUT2D eigenvalue weighted by molar-refractivity contribution is -0.115. The lowest BCUT2D eigenvalue weighted by Crippen LogP contribution is -2.17. The third-order valence-corrected chi connectivity index (χ3v) is 3.67. The van der Waals surface area contributed by atoms with Gasteiger partial charge in [-0.15, -0.1) is 0 Å². The van der Waals surface area contributed by atoms with Crippen LogP contribution in [0.15, 0.2) is 24.4 Å². The molecule has 0 unspecified atom stereocenters. The number of nitrogens with one attached hydrogen (secondary N) is 2. The van der Waals surface area contributed by atoms with Crippen molar-refractivity contribution in [1.82, 2.24) is 9.97 Å². The minimum absolute atomic E-state index is 0.0730. The van der Waals surface area contributed by atoms with Crippen LogP contribution in [0.25, 0.3) is 0 Å². The second-order valence-electron chi connectivity index (χ2n) is 5.08. The van der Waals surface area contributed by atoms with Gasteiger partial charge < -0.3 is 10.6 Å². The van der Waals surface area contributed by atoms with E-state index in [0.717, 1.165) is 22.6 Å². The summed E-state index contributed by atoms with van der Waals surface area (Å²) in [6.07, 6.45) is 2.05. The van der Waals surface area contributed by atoms with E-state index >= 15 is 0 Å². The van der Waals surface area contributed by atoms with Crippen molar-refractivity contribution in [2.45, 2.75) is 27.2 Å². The van der Waals surface area contributed by atoms with Crippen LogP contribution >= 0.6 is 11.6 Å². The Morgan fingerprint density at radius 1 is 1.27 bits per heavy atom. The number of aryl methyl sites for hydroxylation is 2. The molecule has 0 atom stereocenters. The molecule has 0 aliphatic carbocycles. The van der Waals surface area contributed by atoms with Gasteiger partial charge >= 0.3 is 0 Å². The van der Waals surface area contributed by atoms with Crippen LogP contribution in [-0.2, 0) is 4.79 Å². The smallest absolute Gasteiger partial charge is 0.226 e. The molecule has 5 nitrogen and oxygen atoms in total. The van der Waals surface area contributed by atoms with Gasteiger partial charge in [-0.05, 0) is 38.5 Å². The number of hydrogen-bond donors (Lipinski definition) is 2. The van der Waals surface area contributed by atoms with Gasteiger partial charge in [-0.2, -0.15) is 0 Å². The fourth-order valence-corrected chi connectivity index (χ4v) is 2.13. The molecular weight excluding hydrogens is 300 g/mol. The summed E-state index contributed by atoms with van der Waals surface area (Å²) in [6.45, 7) is 6.13. The number of hydrogen-bond acceptors (Lipinski definition) is 4. The van der Waals surface area contributed by atoms with Crippen molar-refractivity contribution in [2.24, 2.45) is 0 Å². The lowest BCUT2D eigenvalue weighted by atomic mass is 10.2. The van der Waals surface area contributed by atoms with Crippen LogP contribution in [0, 0.1) is 20.8 Å². The summed E-state index contributed by atoms with van der Waals surface area (Å²) < 4.78 is 0. The fourth-order valence-electron chi connectivity index (χ4n) is 1.95. The van der Waals surface area contributed by atoms with Gasteiger partial charge in [0.15, 0.2) is 0 Å². The van der Waals surface area contributed by atoms with Gasteiger partial charge in [-0.25, -0.2) is 4.98 Å². The van der Waals surface area contributed by atoms with E-state index < -0.39 is 0 Å². The van der Waals surface area contributed by atoms with Gasteiger partial charge in [0.1, 0.15) is 5.82 Å². The number of aromatic nitrogens is 2. The number of carbonyl (C=O) groups is 1. The number of rotatable bonds is 5. The van der Waals surface area contributed by atoms with E-state index in [1.807, 2.05) is 32.9 Å². The Morgan fingerprint density at radius 2 is 2.05 bits per heavy atom. The monoisotopic (exact) mass is 318 g/mol. The summed E-state index contributed by atoms with van der Waals surface area (Å²) in [5.74, 6) is 0.642. The Balaban J connectivity index is 1.88. The molecule has 6 heteroatoms. The van der Waals surface area contributed by atoms with Crippen molar-refractivity contribution in [3.05, 3.63) is 46.4 Å². The molecule has 0 aliphatic heterocycles. The lowest BCUT2D eigenvalue weighted by Gasteiger charge is -2.11. The first kappa shape index (κ1) is 16.2. The highest BCUT2D eigenvalue weighted by Gasteiger charge is 2.07. The van der Waals surface area contributed by atoms with Gasteiger partial charge in [0.05, 0.1) is 11.4 Å². The van der Waals surface area contributed by atoms with Crippen LogP contribution in [0.3, 0.4) is 0 Å². The number of halogens is 1. The Hall–Kier alpha value is -2.14. The Morgan fingerprint density at radius 3 is 2.82 bits per heavy atom. The van der Waals surface area contributed by atoms with Gasteiger partial charge in [-0.3, -0.25) is 9.78 Å². The van der Waals surface area contributed by atoms with Crippen LogP contribution in [0.1, 0.15) is 23.4 Å². The molecule has 2 aromatic rings. The highest BCUT2D eigenvalue weighted by molar-refractivity contribution is 6.31. The van der Waals surface area contributed by atoms with Crippen LogP contribution in [0.4, 0.5) is 11.5 Å². The van der Waals surface area contributed by atoms with Crippen LogP contribution in [0.5, 0.6) is 0 Å². The molecule has 0 saturated heterocycles. The molecule has 1 aromatic heterocycles. The summed E-state index contributed by atoms with van der Waals surface area (Å²) in [7, 11) is 0. The molecule has 116 valence electrons. The zero-order chi connectivity index (χ0) is 16.1. The van der Waals surface area contributed by atoms with E-state index in [0.29, 0.717) is 23.8 Å². The minimum atomic E-state index is -0.0730. The Kier molecular flexibility index (Phi) is 5.33. The molecule has 22 heavy (non-hydrogen) atoms. The molecule has 1 amide bonds. The zero-order valence-electron chi connectivity index (χ0n) is 12.9. The van der Waals surface area contributed by atoms with E-state index in [9.17, 15) is 4.79 Å². The van der Waals surface area contributed by atoms with Crippen molar-refractivity contribution in [3.8, 4) is 0 Å². The SMILES string of the molecule is Cc1cnc(C)c(NCCC(=O)Nc2cccc(Cl)c2C)n1. The second-order valence-corrected chi connectivity index (χ2v) is 5.49. The van der Waals surface area contributed by atoms with Gasteiger partial charge in [0.2, 0.25) is 5.91 Å². The molecule has 0 spiro atoms.